The fourth-order valence-corrected chi connectivity index (χ4v) is 2.17. The van der Waals surface area contributed by atoms with E-state index < -0.39 is 0 Å². The Bertz CT molecular complexity index is 561. The molecule has 1 aromatic heterocycles. The summed E-state index contributed by atoms with van der Waals surface area (Å²) in [6.07, 6.45) is 0. The van der Waals surface area contributed by atoms with Crippen LogP contribution in [0.1, 0.15) is 17.0 Å². The van der Waals surface area contributed by atoms with Crippen LogP contribution in [0.4, 0.5) is 0 Å². The second kappa shape index (κ2) is 6.43. The quantitative estimate of drug-likeness (QED) is 0.876. The molecule has 0 saturated heterocycles. The normalized spacial score (nSPS) is 10.6. The number of hydrogen-bond donors (Lipinski definition) is 1. The van der Waals surface area contributed by atoms with E-state index in [0.29, 0.717) is 19.7 Å². The van der Waals surface area contributed by atoms with Crippen molar-refractivity contribution in [2.45, 2.75) is 26.9 Å². The van der Waals surface area contributed by atoms with Gasteiger partial charge in [0, 0.05) is 17.8 Å². The van der Waals surface area contributed by atoms with E-state index in [1.165, 1.54) is 0 Å². The summed E-state index contributed by atoms with van der Waals surface area (Å²) in [4.78, 5) is 0. The maximum absolute atomic E-state index is 5.72. The molecule has 1 aromatic carbocycles. The molecule has 20 heavy (non-hydrogen) atoms. The summed E-state index contributed by atoms with van der Waals surface area (Å²) in [5.74, 6) is 1.65. The van der Waals surface area contributed by atoms with Crippen LogP contribution in [0.2, 0.25) is 0 Å². The zero-order valence-electron chi connectivity index (χ0n) is 12.2. The molecule has 0 aliphatic rings. The molecule has 0 aliphatic carbocycles. The average Bonchev–Trinajstić information content (AvgIpc) is 2.74. The van der Waals surface area contributed by atoms with Crippen LogP contribution in [0.5, 0.6) is 11.5 Å². The Morgan fingerprint density at radius 3 is 2.35 bits per heavy atom. The molecule has 2 N–H and O–H groups in total. The van der Waals surface area contributed by atoms with Crippen LogP contribution in [0.3, 0.4) is 0 Å². The number of nitrogens with two attached hydrogens (primary N) is 1. The van der Waals surface area contributed by atoms with E-state index in [9.17, 15) is 0 Å². The minimum absolute atomic E-state index is 0.525. The van der Waals surface area contributed by atoms with E-state index in [1.54, 1.807) is 7.11 Å². The zero-order chi connectivity index (χ0) is 14.5. The van der Waals surface area contributed by atoms with Crippen molar-refractivity contribution in [1.82, 2.24) is 9.78 Å². The van der Waals surface area contributed by atoms with Crippen LogP contribution in [-0.4, -0.2) is 23.5 Å². The van der Waals surface area contributed by atoms with Gasteiger partial charge in [0.05, 0.1) is 19.3 Å². The van der Waals surface area contributed by atoms with Gasteiger partial charge in [0.25, 0.3) is 0 Å². The Labute approximate surface area is 119 Å². The molecule has 108 valence electrons. The van der Waals surface area contributed by atoms with Crippen LogP contribution >= 0.6 is 0 Å². The van der Waals surface area contributed by atoms with E-state index in [2.05, 4.69) is 5.10 Å². The number of hydrogen-bond acceptors (Lipinski definition) is 4. The Hall–Kier alpha value is -2.01. The molecule has 5 heteroatoms. The van der Waals surface area contributed by atoms with Crippen molar-refractivity contribution < 1.29 is 9.47 Å². The second-order valence-electron chi connectivity index (χ2n) is 4.60. The van der Waals surface area contributed by atoms with Gasteiger partial charge in [0.2, 0.25) is 0 Å². The maximum Gasteiger partial charge on any atom is 0.119 e. The largest absolute Gasteiger partial charge is 0.497 e. The molecule has 0 atom stereocenters. The lowest BCUT2D eigenvalue weighted by molar-refractivity contribution is 0.289. The maximum atomic E-state index is 5.72. The fraction of sp³-hybridized carbons (Fsp3) is 0.400. The molecule has 2 aromatic rings. The summed E-state index contributed by atoms with van der Waals surface area (Å²) in [7, 11) is 1.65. The first-order chi connectivity index (χ1) is 9.65. The van der Waals surface area contributed by atoms with E-state index >= 15 is 0 Å². The van der Waals surface area contributed by atoms with Gasteiger partial charge in [-0.25, -0.2) is 0 Å². The van der Waals surface area contributed by atoms with Gasteiger partial charge in [-0.2, -0.15) is 5.10 Å². The highest BCUT2D eigenvalue weighted by Crippen LogP contribution is 2.17. The molecule has 1 heterocycles. The van der Waals surface area contributed by atoms with Gasteiger partial charge in [-0.3, -0.25) is 4.68 Å². The number of benzene rings is 1. The van der Waals surface area contributed by atoms with Crippen molar-refractivity contribution >= 4 is 0 Å². The summed E-state index contributed by atoms with van der Waals surface area (Å²) in [6, 6.07) is 7.55. The van der Waals surface area contributed by atoms with Gasteiger partial charge in [-0.05, 0) is 38.1 Å². The standard InChI is InChI=1S/C15H21N3O2/c1-11-15(10-16)12(2)18(17-11)8-9-20-14-6-4-13(19-3)5-7-14/h4-7H,8-10,16H2,1-3H3. The number of aromatic nitrogens is 2. The lowest BCUT2D eigenvalue weighted by Gasteiger charge is -2.08. The second-order valence-corrected chi connectivity index (χ2v) is 4.60. The van der Waals surface area contributed by atoms with Crippen molar-refractivity contribution in [2.24, 2.45) is 5.73 Å². The SMILES string of the molecule is COc1ccc(OCCn2nc(C)c(CN)c2C)cc1. The monoisotopic (exact) mass is 275 g/mol. The molecular weight excluding hydrogens is 254 g/mol. The predicted molar refractivity (Wildman–Crippen MR) is 78.1 cm³/mol. The summed E-state index contributed by atoms with van der Waals surface area (Å²) < 4.78 is 12.8. The first-order valence-electron chi connectivity index (χ1n) is 6.65. The summed E-state index contributed by atoms with van der Waals surface area (Å²) in [6.45, 7) is 5.82. The zero-order valence-corrected chi connectivity index (χ0v) is 12.2. The van der Waals surface area contributed by atoms with Gasteiger partial charge >= 0.3 is 0 Å². The molecule has 0 aliphatic heterocycles. The molecular formula is C15H21N3O2. The Kier molecular flexibility index (Phi) is 4.63. The third kappa shape index (κ3) is 3.11. The van der Waals surface area contributed by atoms with Gasteiger partial charge in [-0.15, -0.1) is 0 Å². The highest BCUT2D eigenvalue weighted by Gasteiger charge is 2.09. The van der Waals surface area contributed by atoms with E-state index in [1.807, 2.05) is 42.8 Å². The third-order valence-electron chi connectivity index (χ3n) is 3.37. The topological polar surface area (TPSA) is 62.3 Å². The molecule has 0 saturated carbocycles. The molecule has 5 nitrogen and oxygen atoms in total. The summed E-state index contributed by atoms with van der Waals surface area (Å²) in [5, 5.41) is 4.48. The van der Waals surface area contributed by atoms with Gasteiger partial charge < -0.3 is 15.2 Å². The molecule has 0 spiro atoms. The van der Waals surface area contributed by atoms with Crippen LogP contribution in [0, 0.1) is 13.8 Å². The Balaban J connectivity index is 1.92. The first-order valence-corrected chi connectivity index (χ1v) is 6.65. The minimum atomic E-state index is 0.525. The fourth-order valence-electron chi connectivity index (χ4n) is 2.17. The smallest absolute Gasteiger partial charge is 0.119 e. The first kappa shape index (κ1) is 14.4. The van der Waals surface area contributed by atoms with Crippen molar-refractivity contribution in [1.29, 1.82) is 0 Å². The highest BCUT2D eigenvalue weighted by atomic mass is 16.5. The van der Waals surface area contributed by atoms with E-state index in [-0.39, 0.29) is 0 Å². The van der Waals surface area contributed by atoms with Gasteiger partial charge in [0.1, 0.15) is 18.1 Å². The summed E-state index contributed by atoms with van der Waals surface area (Å²) >= 11 is 0. The Morgan fingerprint density at radius 1 is 1.15 bits per heavy atom. The minimum Gasteiger partial charge on any atom is -0.497 e. The number of aryl methyl sites for hydroxylation is 1. The van der Waals surface area contributed by atoms with Crippen LogP contribution < -0.4 is 15.2 Å². The number of nitrogens with zero attached hydrogens (tertiary/aromatic N) is 2. The molecule has 0 fully saturated rings. The number of methoxy groups -OCH3 is 1. The average molecular weight is 275 g/mol. The van der Waals surface area contributed by atoms with Gasteiger partial charge in [0.15, 0.2) is 0 Å². The summed E-state index contributed by atoms with van der Waals surface area (Å²) in [5.41, 5.74) is 8.94. The van der Waals surface area contributed by atoms with Crippen molar-refractivity contribution in [3.8, 4) is 11.5 Å². The highest BCUT2D eigenvalue weighted by molar-refractivity contribution is 5.31. The van der Waals surface area contributed by atoms with Crippen LogP contribution in [0.25, 0.3) is 0 Å². The molecule has 0 unspecified atom stereocenters. The lowest BCUT2D eigenvalue weighted by Crippen LogP contribution is -2.11. The predicted octanol–water partition coefficient (Wildman–Crippen LogP) is 2.05. The van der Waals surface area contributed by atoms with Crippen molar-refractivity contribution in [2.75, 3.05) is 13.7 Å². The Morgan fingerprint density at radius 2 is 1.80 bits per heavy atom. The molecule has 2 rings (SSSR count). The number of ether oxygens (including phenoxy) is 2. The molecule has 0 bridgehead atoms. The van der Waals surface area contributed by atoms with E-state index in [0.717, 1.165) is 28.5 Å². The third-order valence-corrected chi connectivity index (χ3v) is 3.37. The van der Waals surface area contributed by atoms with Crippen molar-refractivity contribution in [3.05, 3.63) is 41.2 Å². The van der Waals surface area contributed by atoms with Gasteiger partial charge in [-0.1, -0.05) is 0 Å². The van der Waals surface area contributed by atoms with Crippen LogP contribution in [-0.2, 0) is 13.1 Å². The molecule has 0 amide bonds. The lowest BCUT2D eigenvalue weighted by atomic mass is 10.2. The molecule has 0 radical (unpaired) electrons. The number of rotatable bonds is 6. The van der Waals surface area contributed by atoms with E-state index in [4.69, 9.17) is 15.2 Å². The van der Waals surface area contributed by atoms with Crippen molar-refractivity contribution in [3.63, 3.8) is 0 Å². The van der Waals surface area contributed by atoms with Crippen LogP contribution in [0.15, 0.2) is 24.3 Å².